The third-order valence-corrected chi connectivity index (χ3v) is 8.77. The lowest BCUT2D eigenvalue weighted by molar-refractivity contribution is -0.161. The second-order valence-electron chi connectivity index (χ2n) is 12.3. The van der Waals surface area contributed by atoms with Gasteiger partial charge in [-0.1, -0.05) is 142 Å². The number of aliphatic hydroxyl groups is 1. The van der Waals surface area contributed by atoms with Gasteiger partial charge in [0.05, 0.1) is 19.3 Å². The summed E-state index contributed by atoms with van der Waals surface area (Å²) >= 11 is 0. The number of esters is 2. The SMILES string of the molecule is CCCCCCCCCCCCCCCC(=O)OC[C@H](COP(=O)(O)OCC(O)CN)OC(=O)CCCCCCCCCCC. The first-order chi connectivity index (χ1) is 21.7. The van der Waals surface area contributed by atoms with Crippen molar-refractivity contribution in [2.24, 2.45) is 5.73 Å². The highest BCUT2D eigenvalue weighted by Gasteiger charge is 2.27. The van der Waals surface area contributed by atoms with Crippen molar-refractivity contribution in [3.05, 3.63) is 0 Å². The summed E-state index contributed by atoms with van der Waals surface area (Å²) in [6, 6.07) is 0. The maximum Gasteiger partial charge on any atom is 0.472 e. The molecule has 0 rings (SSSR count). The Hall–Kier alpha value is -1.03. The standard InChI is InChI=1S/C34H68NO9P/c1-3-5-7-9-11-13-14-15-16-18-19-21-23-25-33(37)41-29-32(30-43-45(39,40)42-28-31(36)27-35)44-34(38)26-24-22-20-17-12-10-8-6-4-2/h31-32,36H,3-30,35H2,1-2H3,(H,39,40)/t31?,32-/m1/s1. The molecule has 0 aliphatic carbocycles. The first-order valence-corrected chi connectivity index (χ1v) is 19.6. The molecule has 45 heavy (non-hydrogen) atoms. The summed E-state index contributed by atoms with van der Waals surface area (Å²) in [5.74, 6) is -0.890. The minimum Gasteiger partial charge on any atom is -0.462 e. The van der Waals surface area contributed by atoms with E-state index >= 15 is 0 Å². The third-order valence-electron chi connectivity index (χ3n) is 7.82. The zero-order chi connectivity index (χ0) is 33.4. The van der Waals surface area contributed by atoms with Gasteiger partial charge in [-0.25, -0.2) is 4.57 Å². The van der Waals surface area contributed by atoms with Crippen LogP contribution in [0.3, 0.4) is 0 Å². The Bertz CT molecular complexity index is 740. The van der Waals surface area contributed by atoms with Gasteiger partial charge in [-0.05, 0) is 12.8 Å². The monoisotopic (exact) mass is 665 g/mol. The molecule has 268 valence electrons. The van der Waals surface area contributed by atoms with Crippen LogP contribution in [0.15, 0.2) is 0 Å². The minimum atomic E-state index is -4.54. The summed E-state index contributed by atoms with van der Waals surface area (Å²) < 4.78 is 32.6. The molecule has 0 spiro atoms. The Morgan fingerprint density at radius 3 is 1.40 bits per heavy atom. The fraction of sp³-hybridized carbons (Fsp3) is 0.941. The fourth-order valence-electron chi connectivity index (χ4n) is 4.95. The number of hydrogen-bond acceptors (Lipinski definition) is 9. The van der Waals surface area contributed by atoms with Crippen molar-refractivity contribution >= 4 is 19.8 Å². The lowest BCUT2D eigenvalue weighted by Crippen LogP contribution is -2.30. The van der Waals surface area contributed by atoms with E-state index in [2.05, 4.69) is 13.8 Å². The molecule has 11 heteroatoms. The van der Waals surface area contributed by atoms with Gasteiger partial charge >= 0.3 is 19.8 Å². The van der Waals surface area contributed by atoms with Gasteiger partial charge in [-0.2, -0.15) is 0 Å². The van der Waals surface area contributed by atoms with Gasteiger partial charge in [0.15, 0.2) is 6.10 Å². The molecular weight excluding hydrogens is 597 g/mol. The largest absolute Gasteiger partial charge is 0.472 e. The average molecular weight is 666 g/mol. The first kappa shape index (κ1) is 44.0. The predicted octanol–water partition coefficient (Wildman–Crippen LogP) is 8.30. The summed E-state index contributed by atoms with van der Waals surface area (Å²) in [5.41, 5.74) is 5.29. The summed E-state index contributed by atoms with van der Waals surface area (Å²) in [6.07, 6.45) is 24.1. The molecule has 0 heterocycles. The summed E-state index contributed by atoms with van der Waals surface area (Å²) in [7, 11) is -4.54. The Kier molecular flexibility index (Phi) is 30.8. The van der Waals surface area contributed by atoms with E-state index in [1.807, 2.05) is 0 Å². The highest BCUT2D eigenvalue weighted by atomic mass is 31.2. The smallest absolute Gasteiger partial charge is 0.462 e. The Balaban J connectivity index is 4.35. The van der Waals surface area contributed by atoms with Crippen molar-refractivity contribution in [1.82, 2.24) is 0 Å². The van der Waals surface area contributed by atoms with E-state index < -0.39 is 45.2 Å². The molecule has 0 aliphatic heterocycles. The first-order valence-electron chi connectivity index (χ1n) is 18.1. The number of aliphatic hydroxyl groups excluding tert-OH is 1. The molecule has 0 aromatic carbocycles. The molecule has 2 unspecified atom stereocenters. The van der Waals surface area contributed by atoms with Gasteiger partial charge in [0, 0.05) is 19.4 Å². The Labute approximate surface area is 274 Å². The number of phosphoric ester groups is 1. The van der Waals surface area contributed by atoms with Crippen LogP contribution in [-0.4, -0.2) is 60.5 Å². The maximum absolute atomic E-state index is 12.5. The van der Waals surface area contributed by atoms with E-state index in [1.165, 1.54) is 96.3 Å². The van der Waals surface area contributed by atoms with Crippen LogP contribution in [0.4, 0.5) is 0 Å². The molecule has 0 aromatic rings. The van der Waals surface area contributed by atoms with E-state index in [-0.39, 0.29) is 26.0 Å². The van der Waals surface area contributed by atoms with Crippen LogP contribution in [0, 0.1) is 0 Å². The van der Waals surface area contributed by atoms with Gasteiger partial charge in [0.25, 0.3) is 0 Å². The lowest BCUT2D eigenvalue weighted by Gasteiger charge is -2.20. The highest BCUT2D eigenvalue weighted by molar-refractivity contribution is 7.47. The van der Waals surface area contributed by atoms with Crippen molar-refractivity contribution in [2.75, 3.05) is 26.4 Å². The molecule has 0 amide bonds. The van der Waals surface area contributed by atoms with Crippen LogP contribution in [0.2, 0.25) is 0 Å². The number of hydrogen-bond donors (Lipinski definition) is 3. The van der Waals surface area contributed by atoms with E-state index in [4.69, 9.17) is 24.3 Å². The molecule has 0 saturated heterocycles. The van der Waals surface area contributed by atoms with Crippen molar-refractivity contribution < 1.29 is 42.7 Å². The molecule has 0 aromatic heterocycles. The lowest BCUT2D eigenvalue weighted by atomic mass is 10.0. The fourth-order valence-corrected chi connectivity index (χ4v) is 5.74. The number of unbranched alkanes of at least 4 members (excludes halogenated alkanes) is 20. The van der Waals surface area contributed by atoms with Crippen molar-refractivity contribution in [2.45, 2.75) is 180 Å². The van der Waals surface area contributed by atoms with Gasteiger partial charge in [0.2, 0.25) is 0 Å². The molecule has 4 N–H and O–H groups in total. The second-order valence-corrected chi connectivity index (χ2v) is 13.8. The number of carbonyl (C=O) groups excluding carboxylic acids is 2. The number of nitrogens with two attached hydrogens (primary N) is 1. The molecular formula is C34H68NO9P. The predicted molar refractivity (Wildman–Crippen MR) is 180 cm³/mol. The minimum absolute atomic E-state index is 0.145. The number of carbonyl (C=O) groups is 2. The summed E-state index contributed by atoms with van der Waals surface area (Å²) in [6.45, 7) is 3.03. The summed E-state index contributed by atoms with van der Waals surface area (Å²) in [4.78, 5) is 34.7. The molecule has 3 atom stereocenters. The molecule has 0 radical (unpaired) electrons. The number of phosphoric acid groups is 1. The maximum atomic E-state index is 12.5. The van der Waals surface area contributed by atoms with Crippen molar-refractivity contribution in [1.29, 1.82) is 0 Å². The normalized spacial score (nSPS) is 14.2. The quantitative estimate of drug-likeness (QED) is 0.0347. The topological polar surface area (TPSA) is 155 Å². The van der Waals surface area contributed by atoms with Gasteiger partial charge in [-0.3, -0.25) is 18.6 Å². The number of rotatable bonds is 34. The van der Waals surface area contributed by atoms with Crippen LogP contribution < -0.4 is 5.73 Å². The van der Waals surface area contributed by atoms with Crippen LogP contribution in [0.1, 0.15) is 168 Å². The van der Waals surface area contributed by atoms with Crippen LogP contribution in [0.5, 0.6) is 0 Å². The summed E-state index contributed by atoms with van der Waals surface area (Å²) in [5, 5.41) is 9.48. The molecule has 0 bridgehead atoms. The van der Waals surface area contributed by atoms with Gasteiger partial charge in [-0.15, -0.1) is 0 Å². The van der Waals surface area contributed by atoms with E-state index in [9.17, 15) is 24.2 Å². The van der Waals surface area contributed by atoms with Crippen LogP contribution in [0.25, 0.3) is 0 Å². The van der Waals surface area contributed by atoms with Crippen LogP contribution >= 0.6 is 7.82 Å². The van der Waals surface area contributed by atoms with Crippen molar-refractivity contribution in [3.8, 4) is 0 Å². The van der Waals surface area contributed by atoms with Crippen molar-refractivity contribution in [3.63, 3.8) is 0 Å². The highest BCUT2D eigenvalue weighted by Crippen LogP contribution is 2.43. The van der Waals surface area contributed by atoms with Gasteiger partial charge in [0.1, 0.15) is 6.61 Å². The average Bonchev–Trinajstić information content (AvgIpc) is 3.02. The van der Waals surface area contributed by atoms with E-state index in [0.29, 0.717) is 6.42 Å². The molecule has 0 fully saturated rings. The molecule has 10 nitrogen and oxygen atoms in total. The van der Waals surface area contributed by atoms with E-state index in [1.54, 1.807) is 0 Å². The zero-order valence-electron chi connectivity index (χ0n) is 28.7. The van der Waals surface area contributed by atoms with E-state index in [0.717, 1.165) is 38.5 Å². The Morgan fingerprint density at radius 2 is 0.978 bits per heavy atom. The second kappa shape index (κ2) is 31.6. The number of ether oxygens (including phenoxy) is 2. The third kappa shape index (κ3) is 31.3. The Morgan fingerprint density at radius 1 is 0.600 bits per heavy atom. The van der Waals surface area contributed by atoms with Gasteiger partial charge < -0.3 is 25.2 Å². The zero-order valence-corrected chi connectivity index (χ0v) is 29.6. The van der Waals surface area contributed by atoms with Crippen LogP contribution in [-0.2, 0) is 32.7 Å². The molecule has 0 aliphatic rings. The molecule has 0 saturated carbocycles.